The number of likely N-dealkylation sites (N-methyl/N-ethyl adjacent to an activating group) is 1. The quantitative estimate of drug-likeness (QED) is 0.595. The van der Waals surface area contributed by atoms with Crippen molar-refractivity contribution in [1.82, 2.24) is 13.8 Å². The zero-order chi connectivity index (χ0) is 19.8. The van der Waals surface area contributed by atoms with Gasteiger partial charge < -0.3 is 16.8 Å². The van der Waals surface area contributed by atoms with Crippen molar-refractivity contribution in [2.45, 2.75) is 32.2 Å². The van der Waals surface area contributed by atoms with Gasteiger partial charge in [0, 0.05) is 12.5 Å². The topological polar surface area (TPSA) is 124 Å². The molecule has 1 saturated carbocycles. The summed E-state index contributed by atoms with van der Waals surface area (Å²) in [6.07, 6.45) is 3.00. The first-order valence-corrected chi connectivity index (χ1v) is 9.60. The predicted molar refractivity (Wildman–Crippen MR) is 107 cm³/mol. The van der Waals surface area contributed by atoms with Crippen molar-refractivity contribution in [1.29, 1.82) is 0 Å². The van der Waals surface area contributed by atoms with Crippen LogP contribution in [0.3, 0.4) is 0 Å². The minimum absolute atomic E-state index is 0.210. The van der Waals surface area contributed by atoms with Crippen LogP contribution >= 0.6 is 11.5 Å². The van der Waals surface area contributed by atoms with Crippen molar-refractivity contribution in [3.05, 3.63) is 29.5 Å². The summed E-state index contributed by atoms with van der Waals surface area (Å²) in [7, 11) is 3.81. The summed E-state index contributed by atoms with van der Waals surface area (Å²) >= 11 is 1.27. The second kappa shape index (κ2) is 7.24. The Kier molecular flexibility index (Phi) is 5.16. The maximum atomic E-state index is 12.1. The zero-order valence-corrected chi connectivity index (χ0v) is 16.5. The summed E-state index contributed by atoms with van der Waals surface area (Å²) in [5.41, 5.74) is 12.4. The van der Waals surface area contributed by atoms with E-state index in [1.807, 2.05) is 27.1 Å². The number of rotatable bonds is 8. The molecule has 1 atom stereocenters. The monoisotopic (exact) mass is 389 g/mol. The molecule has 2 amide bonds. The normalized spacial score (nSPS) is 15.4. The molecule has 8 nitrogen and oxygen atoms in total. The van der Waals surface area contributed by atoms with Crippen molar-refractivity contribution in [2.24, 2.45) is 17.4 Å². The SMILES string of the molecule is Cc1cc(Nc2nc([N+](C)(C)C(CC3CC3)C(N)=O)ccc2C(N)=O)sn1. The van der Waals surface area contributed by atoms with Crippen LogP contribution in [0.15, 0.2) is 18.2 Å². The first-order valence-electron chi connectivity index (χ1n) is 8.83. The van der Waals surface area contributed by atoms with Gasteiger partial charge >= 0.3 is 0 Å². The molecule has 2 aromatic heterocycles. The number of anilines is 2. The minimum atomic E-state index is -0.576. The smallest absolute Gasteiger partial charge is 0.276 e. The van der Waals surface area contributed by atoms with Crippen LogP contribution in [0.2, 0.25) is 0 Å². The van der Waals surface area contributed by atoms with Gasteiger partial charge in [-0.25, -0.2) is 0 Å². The Bertz CT molecular complexity index is 874. The van der Waals surface area contributed by atoms with Crippen LogP contribution < -0.4 is 21.3 Å². The second-order valence-electron chi connectivity index (χ2n) is 7.52. The van der Waals surface area contributed by atoms with E-state index >= 15 is 0 Å². The van der Waals surface area contributed by atoms with Gasteiger partial charge in [0.05, 0.1) is 25.4 Å². The lowest BCUT2D eigenvalue weighted by Crippen LogP contribution is -2.57. The highest BCUT2D eigenvalue weighted by Gasteiger charge is 2.41. The van der Waals surface area contributed by atoms with Gasteiger partial charge in [0.1, 0.15) is 10.8 Å². The molecule has 2 heterocycles. The van der Waals surface area contributed by atoms with Crippen LogP contribution in [-0.2, 0) is 4.79 Å². The number of carbonyl (C=O) groups is 2. The van der Waals surface area contributed by atoms with Crippen LogP contribution in [0.5, 0.6) is 0 Å². The molecule has 2 aromatic rings. The molecule has 0 spiro atoms. The Labute approximate surface area is 162 Å². The lowest BCUT2D eigenvalue weighted by molar-refractivity contribution is -0.122. The van der Waals surface area contributed by atoms with E-state index in [-0.39, 0.29) is 22.0 Å². The summed E-state index contributed by atoms with van der Waals surface area (Å²) in [5, 5.41) is 3.89. The van der Waals surface area contributed by atoms with E-state index in [4.69, 9.17) is 11.5 Å². The number of hydrogen-bond acceptors (Lipinski definition) is 6. The first kappa shape index (κ1) is 19.2. The number of hydrogen-bond donors (Lipinski definition) is 3. The van der Waals surface area contributed by atoms with E-state index in [9.17, 15) is 9.59 Å². The molecule has 9 heteroatoms. The summed E-state index contributed by atoms with van der Waals surface area (Å²) in [6.45, 7) is 1.88. The molecule has 1 aliphatic carbocycles. The highest BCUT2D eigenvalue weighted by molar-refractivity contribution is 7.10. The highest BCUT2D eigenvalue weighted by atomic mass is 32.1. The van der Waals surface area contributed by atoms with E-state index in [0.717, 1.165) is 30.0 Å². The Morgan fingerprint density at radius 3 is 2.56 bits per heavy atom. The number of nitrogens with zero attached hydrogens (tertiary/aromatic N) is 3. The lowest BCUT2D eigenvalue weighted by Gasteiger charge is -2.35. The van der Waals surface area contributed by atoms with Crippen LogP contribution in [0, 0.1) is 12.8 Å². The zero-order valence-electron chi connectivity index (χ0n) is 15.7. The van der Waals surface area contributed by atoms with Gasteiger partial charge in [-0.15, -0.1) is 0 Å². The molecular formula is C18H25N6O2S+. The Hall–Kier alpha value is -2.52. The van der Waals surface area contributed by atoms with Crippen LogP contribution in [0.4, 0.5) is 16.6 Å². The molecule has 0 aliphatic heterocycles. The summed E-state index contributed by atoms with van der Waals surface area (Å²) in [5.74, 6) is 0.605. The Morgan fingerprint density at radius 1 is 1.33 bits per heavy atom. The molecule has 0 aromatic carbocycles. The number of nitrogens with two attached hydrogens (primary N) is 2. The molecule has 1 fully saturated rings. The average Bonchev–Trinajstić information content (AvgIpc) is 3.33. The number of carbonyl (C=O) groups excluding carboxylic acids is 2. The van der Waals surface area contributed by atoms with Crippen molar-refractivity contribution in [3.63, 3.8) is 0 Å². The average molecular weight is 390 g/mol. The van der Waals surface area contributed by atoms with Crippen LogP contribution in [-0.4, -0.2) is 41.3 Å². The van der Waals surface area contributed by atoms with Gasteiger partial charge in [0.2, 0.25) is 5.82 Å². The molecule has 27 heavy (non-hydrogen) atoms. The van der Waals surface area contributed by atoms with Gasteiger partial charge in [-0.1, -0.05) is 0 Å². The number of aryl methyl sites for hydroxylation is 1. The van der Waals surface area contributed by atoms with Crippen molar-refractivity contribution < 1.29 is 9.59 Å². The van der Waals surface area contributed by atoms with E-state index in [0.29, 0.717) is 17.6 Å². The Morgan fingerprint density at radius 2 is 2.04 bits per heavy atom. The highest BCUT2D eigenvalue weighted by Crippen LogP contribution is 2.37. The summed E-state index contributed by atoms with van der Waals surface area (Å²) < 4.78 is 4.43. The van der Waals surface area contributed by atoms with E-state index in [1.54, 1.807) is 12.1 Å². The predicted octanol–water partition coefficient (Wildman–Crippen LogP) is 1.91. The number of pyridine rings is 1. The fourth-order valence-corrected chi connectivity index (χ4v) is 3.79. The molecule has 0 saturated heterocycles. The minimum Gasteiger partial charge on any atom is -0.365 e. The maximum absolute atomic E-state index is 12.1. The maximum Gasteiger partial charge on any atom is 0.276 e. The summed E-state index contributed by atoms with van der Waals surface area (Å²) in [4.78, 5) is 28.6. The number of amides is 2. The van der Waals surface area contributed by atoms with Crippen molar-refractivity contribution >= 4 is 40.0 Å². The van der Waals surface area contributed by atoms with Crippen LogP contribution in [0.25, 0.3) is 0 Å². The number of primary amides is 2. The molecular weight excluding hydrogens is 364 g/mol. The van der Waals surface area contributed by atoms with E-state index < -0.39 is 5.91 Å². The number of nitrogens with one attached hydrogen (secondary N) is 1. The van der Waals surface area contributed by atoms with Crippen molar-refractivity contribution in [3.8, 4) is 0 Å². The number of aromatic nitrogens is 2. The van der Waals surface area contributed by atoms with Crippen molar-refractivity contribution in [2.75, 3.05) is 19.4 Å². The molecule has 0 radical (unpaired) electrons. The third kappa shape index (κ3) is 4.25. The number of quaternary nitrogens is 1. The lowest BCUT2D eigenvalue weighted by atomic mass is 10.1. The van der Waals surface area contributed by atoms with Gasteiger partial charge in [-0.05, 0) is 49.3 Å². The fourth-order valence-electron chi connectivity index (χ4n) is 3.13. The third-order valence-electron chi connectivity index (χ3n) is 4.97. The second-order valence-corrected chi connectivity index (χ2v) is 8.33. The molecule has 3 rings (SSSR count). The standard InChI is InChI=1S/C18H24N6O2S/c1-10-8-15(27-23-10)22-18-12(16(19)25)6-7-14(21-18)24(2,3)13(17(20)26)9-11-4-5-11/h6-8,11,13H,4-5,9H2,1-3H3,(H4-,19,20,21,22,23,25,26)/p+1. The Balaban J connectivity index is 1.97. The van der Waals surface area contributed by atoms with Gasteiger partial charge in [-0.3, -0.25) is 14.1 Å². The third-order valence-corrected chi connectivity index (χ3v) is 5.76. The van der Waals surface area contributed by atoms with Crippen LogP contribution in [0.1, 0.15) is 35.3 Å². The summed E-state index contributed by atoms with van der Waals surface area (Å²) in [6, 6.07) is 4.84. The van der Waals surface area contributed by atoms with Gasteiger partial charge in [0.15, 0.2) is 6.04 Å². The fraction of sp³-hybridized carbons (Fsp3) is 0.444. The van der Waals surface area contributed by atoms with E-state index in [1.165, 1.54) is 11.5 Å². The first-order chi connectivity index (χ1) is 12.7. The van der Waals surface area contributed by atoms with E-state index in [2.05, 4.69) is 14.7 Å². The molecule has 144 valence electrons. The van der Waals surface area contributed by atoms with Gasteiger partial charge in [0.25, 0.3) is 11.8 Å². The largest absolute Gasteiger partial charge is 0.365 e. The van der Waals surface area contributed by atoms with Gasteiger partial charge in [-0.2, -0.15) is 9.36 Å². The molecule has 5 N–H and O–H groups in total. The molecule has 1 unspecified atom stereocenters. The molecule has 1 aliphatic rings. The molecule has 0 bridgehead atoms.